The zero-order chi connectivity index (χ0) is 23.5. The Labute approximate surface area is 198 Å². The lowest BCUT2D eigenvalue weighted by Gasteiger charge is -2.17. The van der Waals surface area contributed by atoms with E-state index in [9.17, 15) is 9.59 Å². The fraction of sp³-hybridized carbons (Fsp3) is 0.0667. The number of fused-ring (bicyclic) bond motifs is 2. The van der Waals surface area contributed by atoms with E-state index in [0.29, 0.717) is 16.8 Å². The molecule has 0 saturated carbocycles. The molecule has 2 amide bonds. The molecule has 2 N–H and O–H groups in total. The molecule has 34 heavy (non-hydrogen) atoms. The molecule has 0 aliphatic heterocycles. The van der Waals surface area contributed by atoms with Crippen LogP contribution in [0.5, 0.6) is 0 Å². The topological polar surface area (TPSA) is 58.2 Å². The van der Waals surface area contributed by atoms with E-state index in [1.807, 2.05) is 67.6 Å². The van der Waals surface area contributed by atoms with E-state index in [0.717, 1.165) is 27.1 Å². The zero-order valence-electron chi connectivity index (χ0n) is 18.8. The number of rotatable bonds is 5. The summed E-state index contributed by atoms with van der Waals surface area (Å²) in [6, 6.07) is 34.6. The van der Waals surface area contributed by atoms with Gasteiger partial charge in [0.1, 0.15) is 0 Å². The Morgan fingerprint density at radius 3 is 2.15 bits per heavy atom. The van der Waals surface area contributed by atoms with Crippen molar-refractivity contribution in [3.05, 3.63) is 126 Å². The molecule has 4 heteroatoms. The van der Waals surface area contributed by atoms with Crippen LogP contribution in [0.15, 0.2) is 109 Å². The summed E-state index contributed by atoms with van der Waals surface area (Å²) in [5, 5.41) is 10.3. The summed E-state index contributed by atoms with van der Waals surface area (Å²) in [4.78, 5) is 25.8. The number of carbonyl (C=O) groups is 2. The molecule has 5 aromatic carbocycles. The van der Waals surface area contributed by atoms with Crippen molar-refractivity contribution >= 4 is 39.0 Å². The molecule has 1 atom stereocenters. The van der Waals surface area contributed by atoms with E-state index in [1.54, 1.807) is 30.3 Å². The molecule has 0 aromatic heterocycles. The van der Waals surface area contributed by atoms with E-state index in [1.165, 1.54) is 0 Å². The van der Waals surface area contributed by atoms with Crippen molar-refractivity contribution in [2.75, 3.05) is 5.32 Å². The average molecular weight is 445 g/mol. The van der Waals surface area contributed by atoms with Crippen LogP contribution >= 0.6 is 0 Å². The molecule has 0 spiro atoms. The highest BCUT2D eigenvalue weighted by Gasteiger charge is 2.15. The molecule has 166 valence electrons. The maximum atomic E-state index is 13.0. The molecule has 5 aromatic rings. The van der Waals surface area contributed by atoms with Crippen LogP contribution in [0.1, 0.15) is 39.2 Å². The average Bonchev–Trinajstić information content (AvgIpc) is 2.88. The molecule has 0 bridgehead atoms. The number of hydrogen-bond donors (Lipinski definition) is 2. The molecule has 0 fully saturated rings. The van der Waals surface area contributed by atoms with Crippen LogP contribution in [0, 0.1) is 0 Å². The van der Waals surface area contributed by atoms with Crippen molar-refractivity contribution in [3.63, 3.8) is 0 Å². The Morgan fingerprint density at radius 2 is 1.29 bits per heavy atom. The third-order valence-corrected chi connectivity index (χ3v) is 6.03. The number of nitrogens with one attached hydrogen (secondary N) is 2. The summed E-state index contributed by atoms with van der Waals surface area (Å²) in [5.41, 5.74) is 2.69. The molecule has 4 nitrogen and oxygen atoms in total. The first-order valence-corrected chi connectivity index (χ1v) is 11.3. The minimum Gasteiger partial charge on any atom is -0.345 e. The quantitative estimate of drug-likeness (QED) is 0.315. The van der Waals surface area contributed by atoms with Crippen LogP contribution in [0.25, 0.3) is 21.5 Å². The normalized spacial score (nSPS) is 11.8. The molecule has 0 saturated heterocycles. The summed E-state index contributed by atoms with van der Waals surface area (Å²) in [6.07, 6.45) is 0. The first kappa shape index (κ1) is 21.4. The van der Waals surface area contributed by atoms with Gasteiger partial charge in [-0.25, -0.2) is 0 Å². The fourth-order valence-corrected chi connectivity index (χ4v) is 4.26. The van der Waals surface area contributed by atoms with Crippen molar-refractivity contribution in [1.82, 2.24) is 5.32 Å². The minimum atomic E-state index is -0.215. The van der Waals surface area contributed by atoms with Gasteiger partial charge in [0.2, 0.25) is 0 Å². The zero-order valence-corrected chi connectivity index (χ0v) is 18.8. The van der Waals surface area contributed by atoms with E-state index >= 15 is 0 Å². The van der Waals surface area contributed by atoms with Gasteiger partial charge in [-0.05, 0) is 64.4 Å². The van der Waals surface area contributed by atoms with Gasteiger partial charge in [-0.2, -0.15) is 0 Å². The summed E-state index contributed by atoms with van der Waals surface area (Å²) in [5.74, 6) is -0.408. The van der Waals surface area contributed by atoms with Gasteiger partial charge < -0.3 is 10.6 Å². The Bertz CT molecular complexity index is 1520. The Kier molecular flexibility index (Phi) is 5.79. The van der Waals surface area contributed by atoms with Crippen molar-refractivity contribution in [2.24, 2.45) is 0 Å². The molecule has 0 aliphatic rings. The Morgan fingerprint density at radius 1 is 0.618 bits per heavy atom. The summed E-state index contributed by atoms with van der Waals surface area (Å²) in [7, 11) is 0. The molecule has 0 heterocycles. The summed E-state index contributed by atoms with van der Waals surface area (Å²) >= 11 is 0. The van der Waals surface area contributed by atoms with Crippen LogP contribution in [0.3, 0.4) is 0 Å². The van der Waals surface area contributed by atoms with Crippen molar-refractivity contribution in [2.45, 2.75) is 13.0 Å². The maximum absolute atomic E-state index is 13.0. The highest BCUT2D eigenvalue weighted by molar-refractivity contribution is 6.07. The van der Waals surface area contributed by atoms with Gasteiger partial charge in [0.05, 0.1) is 6.04 Å². The third-order valence-electron chi connectivity index (χ3n) is 6.03. The molecular formula is C30H24N2O2. The fourth-order valence-electron chi connectivity index (χ4n) is 4.26. The number of anilines is 1. The third kappa shape index (κ3) is 4.39. The molecule has 0 unspecified atom stereocenters. The number of benzene rings is 5. The second-order valence-electron chi connectivity index (χ2n) is 8.36. The highest BCUT2D eigenvalue weighted by Crippen LogP contribution is 2.24. The Balaban J connectivity index is 1.32. The monoisotopic (exact) mass is 444 g/mol. The summed E-state index contributed by atoms with van der Waals surface area (Å²) < 4.78 is 0. The predicted molar refractivity (Wildman–Crippen MR) is 138 cm³/mol. The molecule has 0 radical (unpaired) electrons. The van der Waals surface area contributed by atoms with Gasteiger partial charge in [-0.1, -0.05) is 78.9 Å². The predicted octanol–water partition coefficient (Wildman–Crippen LogP) is 6.74. The maximum Gasteiger partial charge on any atom is 0.255 e. The van der Waals surface area contributed by atoms with E-state index in [-0.39, 0.29) is 17.9 Å². The first-order valence-electron chi connectivity index (χ1n) is 11.3. The first-order chi connectivity index (χ1) is 16.6. The SMILES string of the molecule is C[C@@H](NC(=O)c1cccc(NC(=O)c2ccc3ccccc3c2)c1)c1cccc2ccccc12. The molecule has 0 aliphatic carbocycles. The van der Waals surface area contributed by atoms with Crippen molar-refractivity contribution in [3.8, 4) is 0 Å². The molecular weight excluding hydrogens is 420 g/mol. The van der Waals surface area contributed by atoms with Crippen LogP contribution in [0.2, 0.25) is 0 Å². The van der Waals surface area contributed by atoms with Gasteiger partial charge >= 0.3 is 0 Å². The van der Waals surface area contributed by atoms with Gasteiger partial charge in [-0.15, -0.1) is 0 Å². The van der Waals surface area contributed by atoms with Crippen molar-refractivity contribution in [1.29, 1.82) is 0 Å². The van der Waals surface area contributed by atoms with Gasteiger partial charge in [-0.3, -0.25) is 9.59 Å². The largest absolute Gasteiger partial charge is 0.345 e. The van der Waals surface area contributed by atoms with Gasteiger partial charge in [0.15, 0.2) is 0 Å². The lowest BCUT2D eigenvalue weighted by molar-refractivity contribution is 0.0939. The smallest absolute Gasteiger partial charge is 0.255 e. The second-order valence-corrected chi connectivity index (χ2v) is 8.36. The van der Waals surface area contributed by atoms with E-state index in [2.05, 4.69) is 28.8 Å². The number of carbonyl (C=O) groups excluding carboxylic acids is 2. The van der Waals surface area contributed by atoms with Crippen LogP contribution in [-0.2, 0) is 0 Å². The standard InChI is InChI=1S/C30H24N2O2/c1-20(27-15-7-11-22-9-4-5-14-28(22)27)31-29(33)24-12-6-13-26(19-24)32-30(34)25-17-16-21-8-2-3-10-23(21)18-25/h2-20H,1H3,(H,31,33)(H,32,34)/t20-/m1/s1. The Hall–Kier alpha value is -4.44. The lowest BCUT2D eigenvalue weighted by Crippen LogP contribution is -2.27. The van der Waals surface area contributed by atoms with Crippen molar-refractivity contribution < 1.29 is 9.59 Å². The van der Waals surface area contributed by atoms with Gasteiger partial charge in [0, 0.05) is 16.8 Å². The van der Waals surface area contributed by atoms with E-state index in [4.69, 9.17) is 0 Å². The molecule has 5 rings (SSSR count). The minimum absolute atomic E-state index is 0.172. The van der Waals surface area contributed by atoms with Crippen LogP contribution in [0.4, 0.5) is 5.69 Å². The number of amides is 2. The van der Waals surface area contributed by atoms with Crippen LogP contribution < -0.4 is 10.6 Å². The second kappa shape index (κ2) is 9.20. The van der Waals surface area contributed by atoms with Crippen LogP contribution in [-0.4, -0.2) is 11.8 Å². The van der Waals surface area contributed by atoms with E-state index < -0.39 is 0 Å². The van der Waals surface area contributed by atoms with Gasteiger partial charge in [0.25, 0.3) is 11.8 Å². The highest BCUT2D eigenvalue weighted by atomic mass is 16.2. The number of hydrogen-bond acceptors (Lipinski definition) is 2. The lowest BCUT2D eigenvalue weighted by atomic mass is 9.99. The summed E-state index contributed by atoms with van der Waals surface area (Å²) in [6.45, 7) is 1.98.